The number of methoxy groups -OCH3 is 1. The molecular weight excluding hydrogens is 244 g/mol. The first kappa shape index (κ1) is 15.2. The molecule has 5 nitrogen and oxygen atoms in total. The van der Waals surface area contributed by atoms with Gasteiger partial charge in [0, 0.05) is 18.5 Å². The Labute approximate surface area is 113 Å². The van der Waals surface area contributed by atoms with Gasteiger partial charge < -0.3 is 15.8 Å². The molecule has 0 spiro atoms. The molecule has 0 heterocycles. The van der Waals surface area contributed by atoms with Gasteiger partial charge in [0.15, 0.2) is 0 Å². The molecule has 1 aromatic rings. The number of hydrogen-bond acceptors (Lipinski definition) is 4. The van der Waals surface area contributed by atoms with E-state index in [4.69, 9.17) is 5.73 Å². The summed E-state index contributed by atoms with van der Waals surface area (Å²) in [7, 11) is 1.35. The van der Waals surface area contributed by atoms with E-state index in [0.717, 1.165) is 12.0 Å². The zero-order chi connectivity index (χ0) is 14.1. The average Bonchev–Trinajstić information content (AvgIpc) is 2.44. The Morgan fingerprint density at radius 2 is 1.95 bits per heavy atom. The minimum atomic E-state index is -0.264. The lowest BCUT2D eigenvalue weighted by Gasteiger charge is -2.05. The van der Waals surface area contributed by atoms with Gasteiger partial charge in [-0.05, 0) is 37.1 Å². The molecule has 0 radical (unpaired) electrons. The van der Waals surface area contributed by atoms with Gasteiger partial charge in [0.25, 0.3) is 5.91 Å². The fourth-order valence-electron chi connectivity index (χ4n) is 1.63. The second-order valence-corrected chi connectivity index (χ2v) is 4.17. The summed E-state index contributed by atoms with van der Waals surface area (Å²) in [5, 5.41) is 2.76. The Morgan fingerprint density at radius 1 is 1.26 bits per heavy atom. The van der Waals surface area contributed by atoms with Crippen LogP contribution in [0.4, 0.5) is 0 Å². The predicted molar refractivity (Wildman–Crippen MR) is 72.8 cm³/mol. The van der Waals surface area contributed by atoms with Crippen molar-refractivity contribution < 1.29 is 14.3 Å². The van der Waals surface area contributed by atoms with Gasteiger partial charge in [0.05, 0.1) is 7.11 Å². The number of rotatable bonds is 7. The molecule has 1 amide bonds. The molecule has 0 fully saturated rings. The normalized spacial score (nSPS) is 10.0. The number of amides is 1. The second-order valence-electron chi connectivity index (χ2n) is 4.17. The molecule has 1 rings (SSSR count). The first-order valence-electron chi connectivity index (χ1n) is 6.31. The SMILES string of the molecule is COC(=O)CCCNC(=O)c1ccc(CCN)cc1. The number of hydrogen-bond donors (Lipinski definition) is 2. The maximum Gasteiger partial charge on any atom is 0.305 e. The van der Waals surface area contributed by atoms with E-state index in [2.05, 4.69) is 10.1 Å². The van der Waals surface area contributed by atoms with Gasteiger partial charge >= 0.3 is 5.97 Å². The van der Waals surface area contributed by atoms with E-state index in [1.54, 1.807) is 12.1 Å². The van der Waals surface area contributed by atoms with Gasteiger partial charge in [-0.1, -0.05) is 12.1 Å². The molecule has 0 unspecified atom stereocenters. The standard InChI is InChI=1S/C14H20N2O3/c1-19-13(17)3-2-10-16-14(18)12-6-4-11(5-7-12)8-9-15/h4-7H,2-3,8-10,15H2,1H3,(H,16,18). The van der Waals surface area contributed by atoms with Crippen LogP contribution in [0, 0.1) is 0 Å². The maximum atomic E-state index is 11.8. The molecule has 0 saturated heterocycles. The van der Waals surface area contributed by atoms with Gasteiger partial charge in [0.1, 0.15) is 0 Å². The Kier molecular flexibility index (Phi) is 6.60. The van der Waals surface area contributed by atoms with Crippen LogP contribution >= 0.6 is 0 Å². The van der Waals surface area contributed by atoms with Crippen molar-refractivity contribution in [1.82, 2.24) is 5.32 Å². The fraction of sp³-hybridized carbons (Fsp3) is 0.429. The highest BCUT2D eigenvalue weighted by molar-refractivity contribution is 5.94. The molecule has 0 aliphatic carbocycles. The monoisotopic (exact) mass is 264 g/mol. The lowest BCUT2D eigenvalue weighted by molar-refractivity contribution is -0.140. The van der Waals surface area contributed by atoms with Gasteiger partial charge in [0.2, 0.25) is 0 Å². The fourth-order valence-corrected chi connectivity index (χ4v) is 1.63. The van der Waals surface area contributed by atoms with E-state index in [1.807, 2.05) is 12.1 Å². The van der Waals surface area contributed by atoms with Crippen LogP contribution in [-0.2, 0) is 16.0 Å². The zero-order valence-corrected chi connectivity index (χ0v) is 11.1. The van der Waals surface area contributed by atoms with Crippen molar-refractivity contribution in [2.45, 2.75) is 19.3 Å². The minimum Gasteiger partial charge on any atom is -0.469 e. The van der Waals surface area contributed by atoms with E-state index in [0.29, 0.717) is 31.5 Å². The number of carbonyl (C=O) groups excluding carboxylic acids is 2. The lowest BCUT2D eigenvalue weighted by atomic mass is 10.1. The Balaban J connectivity index is 2.34. The van der Waals surface area contributed by atoms with Crippen LogP contribution in [0.2, 0.25) is 0 Å². The maximum absolute atomic E-state index is 11.8. The van der Waals surface area contributed by atoms with E-state index in [-0.39, 0.29) is 11.9 Å². The van der Waals surface area contributed by atoms with Crippen LogP contribution < -0.4 is 11.1 Å². The molecule has 5 heteroatoms. The number of carbonyl (C=O) groups is 2. The van der Waals surface area contributed by atoms with Crippen LogP contribution in [0.15, 0.2) is 24.3 Å². The number of esters is 1. The molecular formula is C14H20N2O3. The molecule has 0 aliphatic rings. The third kappa shape index (κ3) is 5.52. The van der Waals surface area contributed by atoms with Crippen molar-refractivity contribution >= 4 is 11.9 Å². The van der Waals surface area contributed by atoms with Crippen molar-refractivity contribution in [3.8, 4) is 0 Å². The van der Waals surface area contributed by atoms with Crippen LogP contribution in [0.25, 0.3) is 0 Å². The van der Waals surface area contributed by atoms with E-state index in [9.17, 15) is 9.59 Å². The molecule has 0 bridgehead atoms. The molecule has 0 saturated carbocycles. The van der Waals surface area contributed by atoms with Crippen LogP contribution in [0.5, 0.6) is 0 Å². The van der Waals surface area contributed by atoms with Crippen molar-refractivity contribution in [3.63, 3.8) is 0 Å². The highest BCUT2D eigenvalue weighted by Gasteiger charge is 2.05. The summed E-state index contributed by atoms with van der Waals surface area (Å²) in [5.41, 5.74) is 7.18. The van der Waals surface area contributed by atoms with Crippen LogP contribution in [-0.4, -0.2) is 32.1 Å². The summed E-state index contributed by atoms with van der Waals surface area (Å²) < 4.78 is 4.52. The summed E-state index contributed by atoms with van der Waals surface area (Å²) in [6.45, 7) is 1.05. The van der Waals surface area contributed by atoms with Crippen molar-refractivity contribution in [2.24, 2.45) is 5.73 Å². The topological polar surface area (TPSA) is 81.4 Å². The molecule has 104 valence electrons. The van der Waals surface area contributed by atoms with E-state index >= 15 is 0 Å². The molecule has 0 atom stereocenters. The first-order chi connectivity index (χ1) is 9.17. The molecule has 19 heavy (non-hydrogen) atoms. The molecule has 0 aliphatic heterocycles. The van der Waals surface area contributed by atoms with E-state index < -0.39 is 0 Å². The van der Waals surface area contributed by atoms with Crippen LogP contribution in [0.3, 0.4) is 0 Å². The second kappa shape index (κ2) is 8.26. The third-order valence-corrected chi connectivity index (χ3v) is 2.72. The number of ether oxygens (including phenoxy) is 1. The molecule has 1 aromatic carbocycles. The number of nitrogens with two attached hydrogens (primary N) is 1. The summed E-state index contributed by atoms with van der Waals surface area (Å²) in [6.07, 6.45) is 1.69. The third-order valence-electron chi connectivity index (χ3n) is 2.72. The van der Waals surface area contributed by atoms with E-state index in [1.165, 1.54) is 7.11 Å². The highest BCUT2D eigenvalue weighted by Crippen LogP contribution is 2.04. The smallest absolute Gasteiger partial charge is 0.305 e. The Bertz CT molecular complexity index is 415. The van der Waals surface area contributed by atoms with Gasteiger partial charge in [-0.15, -0.1) is 0 Å². The zero-order valence-electron chi connectivity index (χ0n) is 11.1. The van der Waals surface area contributed by atoms with Gasteiger partial charge in [-0.2, -0.15) is 0 Å². The van der Waals surface area contributed by atoms with Crippen molar-refractivity contribution in [2.75, 3.05) is 20.2 Å². The van der Waals surface area contributed by atoms with Crippen LogP contribution in [0.1, 0.15) is 28.8 Å². The summed E-state index contributed by atoms with van der Waals surface area (Å²) in [4.78, 5) is 22.7. The summed E-state index contributed by atoms with van der Waals surface area (Å²) in [6, 6.07) is 7.35. The molecule has 3 N–H and O–H groups in total. The molecule has 0 aromatic heterocycles. The Hall–Kier alpha value is -1.88. The van der Waals surface area contributed by atoms with Crippen molar-refractivity contribution in [1.29, 1.82) is 0 Å². The predicted octanol–water partition coefficient (Wildman–Crippen LogP) is 0.871. The summed E-state index contributed by atoms with van der Waals surface area (Å²) >= 11 is 0. The Morgan fingerprint density at radius 3 is 2.53 bits per heavy atom. The summed E-state index contributed by atoms with van der Waals surface area (Å²) in [5.74, 6) is -0.399. The number of benzene rings is 1. The van der Waals surface area contributed by atoms with Gasteiger partial charge in [-0.25, -0.2) is 0 Å². The van der Waals surface area contributed by atoms with Crippen molar-refractivity contribution in [3.05, 3.63) is 35.4 Å². The lowest BCUT2D eigenvalue weighted by Crippen LogP contribution is -2.25. The largest absolute Gasteiger partial charge is 0.469 e. The highest BCUT2D eigenvalue weighted by atomic mass is 16.5. The quantitative estimate of drug-likeness (QED) is 0.565. The minimum absolute atomic E-state index is 0.135. The van der Waals surface area contributed by atoms with Gasteiger partial charge in [-0.3, -0.25) is 9.59 Å². The first-order valence-corrected chi connectivity index (χ1v) is 6.31. The average molecular weight is 264 g/mol. The number of nitrogens with one attached hydrogen (secondary N) is 1.